The monoisotopic (exact) mass is 337 g/mol. The van der Waals surface area contributed by atoms with Gasteiger partial charge in [-0.1, -0.05) is 51.4 Å². The summed E-state index contributed by atoms with van der Waals surface area (Å²) < 4.78 is 12.4. The predicted molar refractivity (Wildman–Crippen MR) is 99.8 cm³/mol. The number of hydrogen-bond acceptors (Lipinski definition) is 1. The van der Waals surface area contributed by atoms with E-state index < -0.39 is 0 Å². The van der Waals surface area contributed by atoms with Gasteiger partial charge in [-0.2, -0.15) is 0 Å². The molecular formula is C20H29ClFN. The van der Waals surface area contributed by atoms with Crippen LogP contribution in [0.3, 0.4) is 0 Å². The third kappa shape index (κ3) is 8.71. The van der Waals surface area contributed by atoms with Crippen molar-refractivity contribution in [1.82, 2.24) is 4.98 Å². The molecular weight excluding hydrogens is 309 g/mol. The number of nitrogens with zero attached hydrogens (tertiary/aromatic N) is 1. The van der Waals surface area contributed by atoms with E-state index in [1.807, 2.05) is 47.7 Å². The lowest BCUT2D eigenvalue weighted by Gasteiger charge is -1.95. The molecule has 0 aliphatic heterocycles. The zero-order valence-electron chi connectivity index (χ0n) is 15.2. The van der Waals surface area contributed by atoms with Crippen molar-refractivity contribution in [2.45, 2.75) is 60.3 Å². The van der Waals surface area contributed by atoms with Gasteiger partial charge >= 0.3 is 0 Å². The van der Waals surface area contributed by atoms with E-state index in [9.17, 15) is 4.39 Å². The highest BCUT2D eigenvalue weighted by Gasteiger charge is 2.23. The van der Waals surface area contributed by atoms with Crippen LogP contribution in [0, 0.1) is 19.7 Å². The zero-order chi connectivity index (χ0) is 17.8. The van der Waals surface area contributed by atoms with Crippen molar-refractivity contribution in [3.05, 3.63) is 64.2 Å². The van der Waals surface area contributed by atoms with E-state index in [4.69, 9.17) is 11.6 Å². The van der Waals surface area contributed by atoms with Crippen LogP contribution in [0.15, 0.2) is 36.5 Å². The second kappa shape index (κ2) is 12.1. The molecule has 0 saturated heterocycles. The molecule has 1 aliphatic carbocycles. The number of aryl methyl sites for hydroxylation is 2. The van der Waals surface area contributed by atoms with Gasteiger partial charge in [0.1, 0.15) is 5.82 Å². The maximum absolute atomic E-state index is 12.4. The Hall–Kier alpha value is -1.41. The first-order valence-corrected chi connectivity index (χ1v) is 8.78. The molecule has 1 heterocycles. The minimum Gasteiger partial charge on any atom is -0.261 e. The van der Waals surface area contributed by atoms with Crippen molar-refractivity contribution in [2.75, 3.05) is 0 Å². The van der Waals surface area contributed by atoms with Gasteiger partial charge in [0.05, 0.1) is 5.02 Å². The molecule has 0 N–H and O–H groups in total. The van der Waals surface area contributed by atoms with E-state index in [2.05, 4.69) is 17.1 Å². The molecule has 128 valence electrons. The fraction of sp³-hybridized carbons (Fsp3) is 0.450. The average molecular weight is 338 g/mol. The third-order valence-corrected chi connectivity index (χ3v) is 3.36. The van der Waals surface area contributed by atoms with Gasteiger partial charge in [0, 0.05) is 11.9 Å². The van der Waals surface area contributed by atoms with Crippen molar-refractivity contribution in [1.29, 1.82) is 0 Å². The molecule has 23 heavy (non-hydrogen) atoms. The van der Waals surface area contributed by atoms with Crippen molar-refractivity contribution in [3.8, 4) is 0 Å². The molecule has 0 atom stereocenters. The third-order valence-electron chi connectivity index (χ3n) is 3.06. The predicted octanol–water partition coefficient (Wildman–Crippen LogP) is 7.11. The molecule has 0 spiro atoms. The summed E-state index contributed by atoms with van der Waals surface area (Å²) in [6.07, 6.45) is 4.74. The van der Waals surface area contributed by atoms with Gasteiger partial charge in [-0.05, 0) is 61.9 Å². The van der Waals surface area contributed by atoms with Crippen LogP contribution in [-0.2, 0) is 0 Å². The first-order chi connectivity index (χ1) is 11.1. The molecule has 1 saturated carbocycles. The standard InChI is InChI=1S/C9H11N.C7H6ClF.2C2H6/c1-7-2-3-9(6-10-7)8-4-5-8;1-5-2-3-6(8)7(9)4-5;2*1-2/h2-3,6,8H,4-5H2,1H3;2-4H,1H3;2*1-2H3. The summed E-state index contributed by atoms with van der Waals surface area (Å²) in [4.78, 5) is 4.24. The number of rotatable bonds is 1. The summed E-state index contributed by atoms with van der Waals surface area (Å²) in [7, 11) is 0. The molecule has 1 fully saturated rings. The van der Waals surface area contributed by atoms with E-state index in [-0.39, 0.29) is 10.8 Å². The Kier molecular flexibility index (Phi) is 11.3. The molecule has 3 rings (SSSR count). The quantitative estimate of drug-likeness (QED) is 0.540. The topological polar surface area (TPSA) is 12.9 Å². The highest BCUT2D eigenvalue weighted by Crippen LogP contribution is 2.39. The SMILES string of the molecule is CC.CC.Cc1ccc(C2CC2)cn1.Cc1ccc(Cl)c(F)c1. The normalized spacial score (nSPS) is 11.8. The summed E-state index contributed by atoms with van der Waals surface area (Å²) >= 11 is 5.41. The van der Waals surface area contributed by atoms with E-state index >= 15 is 0 Å². The fourth-order valence-corrected chi connectivity index (χ4v) is 1.86. The second-order valence-corrected chi connectivity index (χ2v) is 5.33. The molecule has 1 nitrogen and oxygen atoms in total. The molecule has 0 unspecified atom stereocenters. The second-order valence-electron chi connectivity index (χ2n) is 4.92. The molecule has 3 heteroatoms. The molecule has 0 amide bonds. The van der Waals surface area contributed by atoms with Crippen molar-refractivity contribution in [3.63, 3.8) is 0 Å². The van der Waals surface area contributed by atoms with Crippen molar-refractivity contribution < 1.29 is 4.39 Å². The van der Waals surface area contributed by atoms with Crippen LogP contribution in [0.1, 0.15) is 63.3 Å². The van der Waals surface area contributed by atoms with E-state index in [0.29, 0.717) is 0 Å². The Morgan fingerprint density at radius 1 is 1.00 bits per heavy atom. The number of benzene rings is 1. The first-order valence-electron chi connectivity index (χ1n) is 8.40. The summed E-state index contributed by atoms with van der Waals surface area (Å²) in [6, 6.07) is 9.01. The van der Waals surface area contributed by atoms with Crippen LogP contribution in [0.4, 0.5) is 4.39 Å². The van der Waals surface area contributed by atoms with E-state index in [1.165, 1.54) is 24.5 Å². The lowest BCUT2D eigenvalue weighted by molar-refractivity contribution is 0.627. The van der Waals surface area contributed by atoms with Gasteiger partial charge < -0.3 is 0 Å². The number of pyridine rings is 1. The maximum atomic E-state index is 12.4. The van der Waals surface area contributed by atoms with Crippen LogP contribution < -0.4 is 0 Å². The summed E-state index contributed by atoms with van der Waals surface area (Å²) in [5, 5.41) is 0.181. The first kappa shape index (κ1) is 21.6. The minimum absolute atomic E-state index is 0.181. The van der Waals surface area contributed by atoms with Crippen LogP contribution in [-0.4, -0.2) is 4.98 Å². The van der Waals surface area contributed by atoms with Crippen LogP contribution in [0.2, 0.25) is 5.02 Å². The van der Waals surface area contributed by atoms with Crippen molar-refractivity contribution >= 4 is 11.6 Å². The number of halogens is 2. The molecule has 0 radical (unpaired) electrons. The van der Waals surface area contributed by atoms with Crippen molar-refractivity contribution in [2.24, 2.45) is 0 Å². The molecule has 2 aromatic rings. The van der Waals surface area contributed by atoms with Crippen LogP contribution in [0.25, 0.3) is 0 Å². The van der Waals surface area contributed by atoms with Gasteiger partial charge in [-0.25, -0.2) is 4.39 Å². The minimum atomic E-state index is -0.350. The lowest BCUT2D eigenvalue weighted by Crippen LogP contribution is -1.83. The van der Waals surface area contributed by atoms with Gasteiger partial charge in [-0.15, -0.1) is 0 Å². The largest absolute Gasteiger partial charge is 0.261 e. The highest BCUT2D eigenvalue weighted by molar-refractivity contribution is 6.30. The Morgan fingerprint density at radius 3 is 2.00 bits per heavy atom. The van der Waals surface area contributed by atoms with E-state index in [1.54, 1.807) is 12.1 Å². The Balaban J connectivity index is 0.000000349. The lowest BCUT2D eigenvalue weighted by atomic mass is 10.2. The average Bonchev–Trinajstić information content (AvgIpc) is 3.41. The molecule has 1 aromatic heterocycles. The summed E-state index contributed by atoms with van der Waals surface area (Å²) in [5.41, 5.74) is 3.42. The Labute approximate surface area is 145 Å². The zero-order valence-corrected chi connectivity index (χ0v) is 15.9. The number of hydrogen-bond donors (Lipinski definition) is 0. The van der Waals surface area contributed by atoms with Gasteiger partial charge in [0.25, 0.3) is 0 Å². The highest BCUT2D eigenvalue weighted by atomic mass is 35.5. The molecule has 1 aromatic carbocycles. The maximum Gasteiger partial charge on any atom is 0.142 e. The van der Waals surface area contributed by atoms with Gasteiger partial charge in [0.15, 0.2) is 0 Å². The summed E-state index contributed by atoms with van der Waals surface area (Å²) in [6.45, 7) is 11.8. The smallest absolute Gasteiger partial charge is 0.142 e. The number of aromatic nitrogens is 1. The van der Waals surface area contributed by atoms with Gasteiger partial charge in [0.2, 0.25) is 0 Å². The van der Waals surface area contributed by atoms with Crippen LogP contribution >= 0.6 is 11.6 Å². The fourth-order valence-electron chi connectivity index (χ4n) is 1.74. The Morgan fingerprint density at radius 2 is 1.61 bits per heavy atom. The van der Waals surface area contributed by atoms with E-state index in [0.717, 1.165) is 17.2 Å². The summed E-state index contributed by atoms with van der Waals surface area (Å²) in [5.74, 6) is 0.491. The Bertz CT molecular complexity index is 548. The van der Waals surface area contributed by atoms with Crippen LogP contribution in [0.5, 0.6) is 0 Å². The van der Waals surface area contributed by atoms with Gasteiger partial charge in [-0.3, -0.25) is 4.98 Å². The molecule has 0 bridgehead atoms. The molecule has 1 aliphatic rings.